The van der Waals surface area contributed by atoms with Gasteiger partial charge in [0.05, 0.1) is 0 Å². The summed E-state index contributed by atoms with van der Waals surface area (Å²) in [5.74, 6) is 0.611. The van der Waals surface area contributed by atoms with Crippen molar-refractivity contribution in [1.82, 2.24) is 0 Å². The molecular formula is C14H12BrFINO. The molecule has 0 aliphatic rings. The molecule has 0 heterocycles. The van der Waals surface area contributed by atoms with Crippen molar-refractivity contribution in [3.8, 4) is 5.75 Å². The summed E-state index contributed by atoms with van der Waals surface area (Å²) in [7, 11) is 0. The molecule has 1 N–H and O–H groups in total. The Hall–Kier alpha value is -0.820. The maximum atomic E-state index is 12.9. The van der Waals surface area contributed by atoms with E-state index in [0.29, 0.717) is 13.2 Å². The fourth-order valence-corrected chi connectivity index (χ4v) is 2.45. The van der Waals surface area contributed by atoms with Gasteiger partial charge in [-0.3, -0.25) is 0 Å². The SMILES string of the molecule is Fc1ccc(NCCOc2ccc(Br)cc2)c(I)c1. The van der Waals surface area contributed by atoms with E-state index in [1.165, 1.54) is 12.1 Å². The number of nitrogens with one attached hydrogen (secondary N) is 1. The number of hydrogen-bond donors (Lipinski definition) is 1. The minimum Gasteiger partial charge on any atom is -0.492 e. The second-order valence-corrected chi connectivity index (χ2v) is 5.93. The normalized spacial score (nSPS) is 10.3. The number of hydrogen-bond acceptors (Lipinski definition) is 2. The third kappa shape index (κ3) is 4.65. The second kappa shape index (κ2) is 7.09. The summed E-state index contributed by atoms with van der Waals surface area (Å²) >= 11 is 5.48. The van der Waals surface area contributed by atoms with E-state index in [-0.39, 0.29) is 5.82 Å². The summed E-state index contributed by atoms with van der Waals surface area (Å²) < 4.78 is 20.4. The zero-order valence-corrected chi connectivity index (χ0v) is 13.7. The predicted octanol–water partition coefficient (Wildman–Crippen LogP) is 4.68. The maximum Gasteiger partial charge on any atom is 0.124 e. The molecule has 2 aromatic carbocycles. The number of halogens is 3. The Bertz CT molecular complexity index is 548. The van der Waals surface area contributed by atoms with Gasteiger partial charge < -0.3 is 10.1 Å². The summed E-state index contributed by atoms with van der Waals surface area (Å²) in [6, 6.07) is 12.4. The molecule has 0 spiro atoms. The topological polar surface area (TPSA) is 21.3 Å². The van der Waals surface area contributed by atoms with E-state index >= 15 is 0 Å². The molecule has 0 amide bonds. The quantitative estimate of drug-likeness (QED) is 0.543. The highest BCUT2D eigenvalue weighted by Gasteiger charge is 2.00. The van der Waals surface area contributed by atoms with Gasteiger partial charge in [0.1, 0.15) is 18.2 Å². The van der Waals surface area contributed by atoms with Crippen LogP contribution in [-0.4, -0.2) is 13.2 Å². The Morgan fingerprint density at radius 3 is 2.58 bits per heavy atom. The summed E-state index contributed by atoms with van der Waals surface area (Å²) in [6.45, 7) is 1.22. The van der Waals surface area contributed by atoms with Crippen LogP contribution in [0.5, 0.6) is 5.75 Å². The van der Waals surface area contributed by atoms with E-state index in [9.17, 15) is 4.39 Å². The molecule has 0 aliphatic heterocycles. The largest absolute Gasteiger partial charge is 0.492 e. The molecule has 0 unspecified atom stereocenters. The lowest BCUT2D eigenvalue weighted by atomic mass is 10.3. The molecule has 2 rings (SSSR count). The molecule has 100 valence electrons. The summed E-state index contributed by atoms with van der Waals surface area (Å²) in [5.41, 5.74) is 0.918. The zero-order valence-electron chi connectivity index (χ0n) is 10.00. The first-order valence-corrected chi connectivity index (χ1v) is 7.59. The van der Waals surface area contributed by atoms with E-state index in [0.717, 1.165) is 19.5 Å². The van der Waals surface area contributed by atoms with Crippen LogP contribution in [0.2, 0.25) is 0 Å². The van der Waals surface area contributed by atoms with Crippen LogP contribution in [0.3, 0.4) is 0 Å². The average molecular weight is 436 g/mol. The molecule has 0 fully saturated rings. The highest BCUT2D eigenvalue weighted by atomic mass is 127. The van der Waals surface area contributed by atoms with Crippen LogP contribution in [-0.2, 0) is 0 Å². The van der Waals surface area contributed by atoms with Gasteiger partial charge in [-0.15, -0.1) is 0 Å². The van der Waals surface area contributed by atoms with E-state index in [1.54, 1.807) is 6.07 Å². The van der Waals surface area contributed by atoms with Crippen molar-refractivity contribution in [2.45, 2.75) is 0 Å². The van der Waals surface area contributed by atoms with Gasteiger partial charge in [-0.25, -0.2) is 4.39 Å². The Morgan fingerprint density at radius 2 is 1.89 bits per heavy atom. The maximum absolute atomic E-state index is 12.9. The molecule has 0 radical (unpaired) electrons. The van der Waals surface area contributed by atoms with Crippen molar-refractivity contribution in [2.75, 3.05) is 18.5 Å². The standard InChI is InChI=1S/C14H12BrFINO/c15-10-1-4-12(5-2-10)19-8-7-18-14-6-3-11(16)9-13(14)17/h1-6,9,18H,7-8H2. The summed E-state index contributed by atoms with van der Waals surface area (Å²) in [5, 5.41) is 3.21. The first-order valence-electron chi connectivity index (χ1n) is 5.72. The highest BCUT2D eigenvalue weighted by molar-refractivity contribution is 14.1. The number of anilines is 1. The monoisotopic (exact) mass is 435 g/mol. The van der Waals surface area contributed by atoms with Crippen molar-refractivity contribution < 1.29 is 9.13 Å². The Morgan fingerprint density at radius 1 is 1.16 bits per heavy atom. The molecule has 19 heavy (non-hydrogen) atoms. The van der Waals surface area contributed by atoms with Crippen molar-refractivity contribution in [1.29, 1.82) is 0 Å². The van der Waals surface area contributed by atoms with Gasteiger partial charge in [0.2, 0.25) is 0 Å². The van der Waals surface area contributed by atoms with Crippen LogP contribution >= 0.6 is 38.5 Å². The number of ether oxygens (including phenoxy) is 1. The molecule has 5 heteroatoms. The van der Waals surface area contributed by atoms with Gasteiger partial charge >= 0.3 is 0 Å². The lowest BCUT2D eigenvalue weighted by Gasteiger charge is -2.10. The average Bonchev–Trinajstić information content (AvgIpc) is 2.39. The van der Waals surface area contributed by atoms with Gasteiger partial charge in [0, 0.05) is 20.3 Å². The van der Waals surface area contributed by atoms with Gasteiger partial charge in [-0.05, 0) is 65.1 Å². The number of rotatable bonds is 5. The molecule has 0 saturated heterocycles. The first kappa shape index (κ1) is 14.6. The Kier molecular flexibility index (Phi) is 5.45. The first-order chi connectivity index (χ1) is 9.15. The van der Waals surface area contributed by atoms with Gasteiger partial charge in [-0.1, -0.05) is 15.9 Å². The Labute approximate surface area is 133 Å². The van der Waals surface area contributed by atoms with Gasteiger partial charge in [0.25, 0.3) is 0 Å². The van der Waals surface area contributed by atoms with Crippen LogP contribution in [0.15, 0.2) is 46.9 Å². The molecule has 0 bridgehead atoms. The van der Waals surface area contributed by atoms with Crippen molar-refractivity contribution in [3.63, 3.8) is 0 Å². The predicted molar refractivity (Wildman–Crippen MR) is 87.2 cm³/mol. The van der Waals surface area contributed by atoms with E-state index < -0.39 is 0 Å². The van der Waals surface area contributed by atoms with Crippen molar-refractivity contribution in [2.24, 2.45) is 0 Å². The lowest BCUT2D eigenvalue weighted by Crippen LogP contribution is -2.12. The Balaban J connectivity index is 1.79. The minimum absolute atomic E-state index is 0.221. The van der Waals surface area contributed by atoms with Crippen LogP contribution in [0.1, 0.15) is 0 Å². The molecule has 0 saturated carbocycles. The third-order valence-corrected chi connectivity index (χ3v) is 3.85. The fourth-order valence-electron chi connectivity index (χ4n) is 1.52. The van der Waals surface area contributed by atoms with Crippen LogP contribution in [0, 0.1) is 9.39 Å². The molecule has 0 aromatic heterocycles. The molecule has 0 aliphatic carbocycles. The van der Waals surface area contributed by atoms with Gasteiger partial charge in [-0.2, -0.15) is 0 Å². The van der Waals surface area contributed by atoms with Crippen molar-refractivity contribution in [3.05, 3.63) is 56.3 Å². The summed E-state index contributed by atoms with van der Waals surface area (Å²) in [6.07, 6.45) is 0. The molecule has 2 aromatic rings. The van der Waals surface area contributed by atoms with E-state index in [4.69, 9.17) is 4.74 Å². The van der Waals surface area contributed by atoms with Crippen LogP contribution in [0.25, 0.3) is 0 Å². The molecular weight excluding hydrogens is 424 g/mol. The zero-order chi connectivity index (χ0) is 13.7. The molecule has 2 nitrogen and oxygen atoms in total. The van der Waals surface area contributed by atoms with Crippen molar-refractivity contribution >= 4 is 44.2 Å². The van der Waals surface area contributed by atoms with Gasteiger partial charge in [0.15, 0.2) is 0 Å². The van der Waals surface area contributed by atoms with Crippen LogP contribution in [0.4, 0.5) is 10.1 Å². The fraction of sp³-hybridized carbons (Fsp3) is 0.143. The van der Waals surface area contributed by atoms with E-state index in [1.807, 2.05) is 24.3 Å². The summed E-state index contributed by atoms with van der Waals surface area (Å²) in [4.78, 5) is 0. The number of benzene rings is 2. The second-order valence-electron chi connectivity index (χ2n) is 3.85. The van der Waals surface area contributed by atoms with Crippen LogP contribution < -0.4 is 10.1 Å². The third-order valence-electron chi connectivity index (χ3n) is 2.43. The smallest absolute Gasteiger partial charge is 0.124 e. The minimum atomic E-state index is -0.221. The molecule has 0 atom stereocenters. The van der Waals surface area contributed by atoms with E-state index in [2.05, 4.69) is 43.8 Å². The lowest BCUT2D eigenvalue weighted by molar-refractivity contribution is 0.333. The highest BCUT2D eigenvalue weighted by Crippen LogP contribution is 2.19.